The molecular weight excluding hydrogens is 362 g/mol. The Bertz CT molecular complexity index is 619. The van der Waals surface area contributed by atoms with Gasteiger partial charge in [-0.2, -0.15) is 4.31 Å². The number of ether oxygens (including phenoxy) is 2. The predicted octanol–water partition coefficient (Wildman–Crippen LogP) is 1.61. The number of sulfonamides is 1. The first-order chi connectivity index (χ1) is 9.90. The van der Waals surface area contributed by atoms with Crippen LogP contribution in [-0.4, -0.2) is 51.2 Å². The number of hydrogen-bond acceptors (Lipinski definition) is 5. The van der Waals surface area contributed by atoms with Crippen molar-refractivity contribution in [2.75, 3.05) is 27.3 Å². The summed E-state index contributed by atoms with van der Waals surface area (Å²) in [5.41, 5.74) is 0. The molecule has 0 aliphatic carbocycles. The molecule has 1 aliphatic rings. The van der Waals surface area contributed by atoms with Crippen LogP contribution in [0.1, 0.15) is 12.8 Å². The van der Waals surface area contributed by atoms with Gasteiger partial charge in [-0.15, -0.1) is 0 Å². The van der Waals surface area contributed by atoms with Crippen LogP contribution in [0.4, 0.5) is 0 Å². The second-order valence-corrected chi connectivity index (χ2v) is 7.56. The zero-order valence-corrected chi connectivity index (χ0v) is 14.3. The maximum atomic E-state index is 12.7. The molecule has 0 amide bonds. The summed E-state index contributed by atoms with van der Waals surface area (Å²) in [5.74, 6) is 0.791. The van der Waals surface area contributed by atoms with Crippen LogP contribution in [0.3, 0.4) is 0 Å². The molecule has 0 unspecified atom stereocenters. The second-order valence-electron chi connectivity index (χ2n) is 4.80. The van der Waals surface area contributed by atoms with Gasteiger partial charge in [-0.25, -0.2) is 8.42 Å². The Labute approximate surface area is 132 Å². The van der Waals surface area contributed by atoms with Gasteiger partial charge in [0.15, 0.2) is 11.5 Å². The van der Waals surface area contributed by atoms with Crippen LogP contribution in [0.15, 0.2) is 21.5 Å². The van der Waals surface area contributed by atoms with E-state index in [1.807, 2.05) is 0 Å². The van der Waals surface area contributed by atoms with Crippen LogP contribution >= 0.6 is 15.9 Å². The molecule has 1 heterocycles. The lowest BCUT2D eigenvalue weighted by Gasteiger charge is -2.29. The Balaban J connectivity index is 2.44. The average Bonchev–Trinajstić information content (AvgIpc) is 2.46. The smallest absolute Gasteiger partial charge is 0.244 e. The fraction of sp³-hybridized carbons (Fsp3) is 0.538. The molecule has 1 saturated heterocycles. The molecule has 2 rings (SSSR count). The molecule has 1 N–H and O–H groups in total. The Kier molecular flexibility index (Phi) is 5.13. The summed E-state index contributed by atoms with van der Waals surface area (Å²) in [7, 11) is -0.756. The van der Waals surface area contributed by atoms with E-state index in [1.54, 1.807) is 6.07 Å². The lowest BCUT2D eigenvalue weighted by molar-refractivity contribution is 0.108. The van der Waals surface area contributed by atoms with E-state index in [1.165, 1.54) is 24.6 Å². The molecule has 0 bridgehead atoms. The quantitative estimate of drug-likeness (QED) is 0.859. The van der Waals surface area contributed by atoms with Crippen LogP contribution in [0.2, 0.25) is 0 Å². The van der Waals surface area contributed by atoms with Gasteiger partial charge >= 0.3 is 0 Å². The Morgan fingerprint density at radius 1 is 1.29 bits per heavy atom. The van der Waals surface area contributed by atoms with E-state index in [9.17, 15) is 13.5 Å². The van der Waals surface area contributed by atoms with E-state index < -0.39 is 16.1 Å². The van der Waals surface area contributed by atoms with Gasteiger partial charge in [0, 0.05) is 23.6 Å². The normalized spacial score (nSPS) is 20.3. The lowest BCUT2D eigenvalue weighted by atomic mass is 10.1. The van der Waals surface area contributed by atoms with E-state index >= 15 is 0 Å². The number of benzene rings is 1. The van der Waals surface area contributed by atoms with Gasteiger partial charge in [0.05, 0.1) is 20.3 Å². The summed E-state index contributed by atoms with van der Waals surface area (Å²) in [6.45, 7) is 0.517. The number of halogens is 1. The number of nitrogens with zero attached hydrogens (tertiary/aromatic N) is 1. The molecule has 118 valence electrons. The molecule has 1 fully saturated rings. The first-order valence-electron chi connectivity index (χ1n) is 6.50. The van der Waals surface area contributed by atoms with Crippen LogP contribution in [0, 0.1) is 0 Å². The number of β-amino-alcohol motifs (C(OH)–C–C–N with tert-alkyl or cyclic N) is 1. The summed E-state index contributed by atoms with van der Waals surface area (Å²) in [6.07, 6.45) is 0.650. The largest absolute Gasteiger partial charge is 0.493 e. The van der Waals surface area contributed by atoms with Crippen molar-refractivity contribution in [3.05, 3.63) is 16.6 Å². The summed E-state index contributed by atoms with van der Waals surface area (Å²) in [5, 5.41) is 9.68. The van der Waals surface area contributed by atoms with Crippen LogP contribution < -0.4 is 9.47 Å². The van der Waals surface area contributed by atoms with Crippen molar-refractivity contribution in [1.29, 1.82) is 0 Å². The predicted molar refractivity (Wildman–Crippen MR) is 81.2 cm³/mol. The monoisotopic (exact) mass is 379 g/mol. The highest BCUT2D eigenvalue weighted by Gasteiger charge is 2.31. The maximum absolute atomic E-state index is 12.7. The van der Waals surface area contributed by atoms with Gasteiger partial charge in [0.1, 0.15) is 4.90 Å². The maximum Gasteiger partial charge on any atom is 0.244 e. The van der Waals surface area contributed by atoms with Crippen molar-refractivity contribution in [3.63, 3.8) is 0 Å². The third-order valence-corrected chi connectivity index (χ3v) is 6.24. The summed E-state index contributed by atoms with van der Waals surface area (Å²) >= 11 is 3.26. The number of methoxy groups -OCH3 is 2. The standard InChI is InChI=1S/C13H18BrNO5S/c1-19-11-6-10(14)13(7-12(11)20-2)21(17,18)15-5-3-4-9(16)8-15/h6-7,9,16H,3-5,8H2,1-2H3/t9-/m0/s1. The minimum absolute atomic E-state index is 0.106. The summed E-state index contributed by atoms with van der Waals surface area (Å²) in [4.78, 5) is 0.106. The van der Waals surface area contributed by atoms with Gasteiger partial charge in [-0.3, -0.25) is 0 Å². The second kappa shape index (κ2) is 6.51. The van der Waals surface area contributed by atoms with Crippen molar-refractivity contribution < 1.29 is 23.0 Å². The third-order valence-electron chi connectivity index (χ3n) is 3.42. The number of piperidine rings is 1. The summed E-state index contributed by atoms with van der Waals surface area (Å²) in [6, 6.07) is 2.99. The molecule has 0 spiro atoms. The van der Waals surface area contributed by atoms with Crippen molar-refractivity contribution in [2.45, 2.75) is 23.8 Å². The van der Waals surface area contributed by atoms with Crippen molar-refractivity contribution in [1.82, 2.24) is 4.31 Å². The van der Waals surface area contributed by atoms with Crippen LogP contribution in [0.25, 0.3) is 0 Å². The van der Waals surface area contributed by atoms with E-state index in [4.69, 9.17) is 9.47 Å². The highest BCUT2D eigenvalue weighted by Crippen LogP contribution is 2.37. The highest BCUT2D eigenvalue weighted by molar-refractivity contribution is 9.10. The number of aliphatic hydroxyl groups excluding tert-OH is 1. The van der Waals surface area contributed by atoms with Gasteiger partial charge in [-0.1, -0.05) is 0 Å². The van der Waals surface area contributed by atoms with Crippen LogP contribution in [0.5, 0.6) is 11.5 Å². The zero-order chi connectivity index (χ0) is 15.6. The average molecular weight is 380 g/mol. The summed E-state index contributed by atoms with van der Waals surface area (Å²) < 4.78 is 37.4. The highest BCUT2D eigenvalue weighted by atomic mass is 79.9. The molecule has 0 aromatic heterocycles. The van der Waals surface area contributed by atoms with E-state index in [0.717, 1.165) is 0 Å². The molecule has 6 nitrogen and oxygen atoms in total. The first kappa shape index (κ1) is 16.5. The molecule has 1 aromatic carbocycles. The fourth-order valence-corrected chi connectivity index (χ4v) is 4.82. The SMILES string of the molecule is COc1cc(Br)c(S(=O)(=O)N2CCC[C@H](O)C2)cc1OC. The van der Waals surface area contributed by atoms with E-state index in [2.05, 4.69) is 15.9 Å². The minimum atomic E-state index is -3.69. The molecule has 1 aromatic rings. The van der Waals surface area contributed by atoms with Crippen molar-refractivity contribution in [2.24, 2.45) is 0 Å². The van der Waals surface area contributed by atoms with Gasteiger partial charge in [0.25, 0.3) is 0 Å². The molecule has 0 radical (unpaired) electrons. The molecule has 1 aliphatic heterocycles. The van der Waals surface area contributed by atoms with E-state index in [-0.39, 0.29) is 11.4 Å². The van der Waals surface area contributed by atoms with Gasteiger partial charge in [-0.05, 0) is 34.8 Å². The van der Waals surface area contributed by atoms with Gasteiger partial charge in [0.2, 0.25) is 10.0 Å². The molecule has 0 saturated carbocycles. The molecule has 21 heavy (non-hydrogen) atoms. The van der Waals surface area contributed by atoms with Crippen molar-refractivity contribution in [3.8, 4) is 11.5 Å². The molecular formula is C13H18BrNO5S. The number of hydrogen-bond donors (Lipinski definition) is 1. The fourth-order valence-electron chi connectivity index (χ4n) is 2.31. The third kappa shape index (κ3) is 3.33. The molecule has 8 heteroatoms. The lowest BCUT2D eigenvalue weighted by Crippen LogP contribution is -2.42. The zero-order valence-electron chi connectivity index (χ0n) is 11.9. The van der Waals surface area contributed by atoms with Crippen LogP contribution in [-0.2, 0) is 10.0 Å². The van der Waals surface area contributed by atoms with Crippen molar-refractivity contribution >= 4 is 26.0 Å². The number of rotatable bonds is 4. The Hall–Kier alpha value is -0.830. The first-order valence-corrected chi connectivity index (χ1v) is 8.73. The Morgan fingerprint density at radius 3 is 2.48 bits per heavy atom. The molecule has 1 atom stereocenters. The Morgan fingerprint density at radius 2 is 1.90 bits per heavy atom. The van der Waals surface area contributed by atoms with E-state index in [0.29, 0.717) is 35.4 Å². The van der Waals surface area contributed by atoms with Gasteiger partial charge < -0.3 is 14.6 Å². The minimum Gasteiger partial charge on any atom is -0.493 e. The topological polar surface area (TPSA) is 76.1 Å². The number of aliphatic hydroxyl groups is 1.